The van der Waals surface area contributed by atoms with E-state index in [2.05, 4.69) is 6.99 Å². The minimum atomic E-state index is -3.22. The van der Waals surface area contributed by atoms with E-state index in [1.807, 2.05) is 41.5 Å². The van der Waals surface area contributed by atoms with Crippen LogP contribution < -0.4 is 0 Å². The van der Waals surface area contributed by atoms with Gasteiger partial charge in [-0.15, -0.1) is 0 Å². The van der Waals surface area contributed by atoms with Crippen LogP contribution >= 0.6 is 0 Å². The molecule has 0 unspecified atom stereocenters. The van der Waals surface area contributed by atoms with Crippen LogP contribution in [0, 0.1) is 0 Å². The number of hydrogen-bond acceptors (Lipinski definition) is 2. The summed E-state index contributed by atoms with van der Waals surface area (Å²) < 4.78 is 21.4. The summed E-state index contributed by atoms with van der Waals surface area (Å²) >= 11 is -3.22. The molecule has 0 saturated carbocycles. The van der Waals surface area contributed by atoms with Gasteiger partial charge in [-0.3, -0.25) is 0 Å². The van der Waals surface area contributed by atoms with Crippen LogP contribution in [0.2, 0.25) is 0 Å². The fraction of sp³-hybridized carbons (Fsp3) is 1.00. The summed E-state index contributed by atoms with van der Waals surface area (Å²) in [6.45, 7) is 11.4. The second-order valence-electron chi connectivity index (χ2n) is 4.74. The van der Waals surface area contributed by atoms with Gasteiger partial charge in [0.25, 0.3) is 0 Å². The van der Waals surface area contributed by atoms with Crippen molar-refractivity contribution in [1.29, 1.82) is 0 Å². The van der Waals surface area contributed by atoms with Crippen LogP contribution in [0.25, 0.3) is 0 Å². The second kappa shape index (κ2) is 3.95. The van der Waals surface area contributed by atoms with Crippen molar-refractivity contribution in [2.24, 2.45) is 6.99 Å². The molecule has 0 aliphatic carbocycles. The third kappa shape index (κ3) is 8.32. The molecule has 0 bridgehead atoms. The molecular formula is C8H18FN2W. The van der Waals surface area contributed by atoms with Gasteiger partial charge in [0.15, 0.2) is 0 Å². The molecule has 0 heterocycles. The summed E-state index contributed by atoms with van der Waals surface area (Å²) in [5.74, 6) is 0. The molecule has 0 atom stereocenters. The molecule has 2 nitrogen and oxygen atoms in total. The summed E-state index contributed by atoms with van der Waals surface area (Å²) in [6, 6.07) is 0. The Morgan fingerprint density at radius 2 is 1.08 bits per heavy atom. The first-order valence-corrected chi connectivity index (χ1v) is 7.70. The number of halogens is 1. The summed E-state index contributed by atoms with van der Waals surface area (Å²) in [6.07, 6.45) is 0. The number of rotatable bonds is 0. The molecule has 0 aromatic carbocycles. The molecule has 0 aliphatic rings. The quantitative estimate of drug-likeness (QED) is 0.643. The van der Waals surface area contributed by atoms with Gasteiger partial charge in [0.1, 0.15) is 0 Å². The van der Waals surface area contributed by atoms with Gasteiger partial charge >= 0.3 is 80.2 Å². The molecule has 4 heteroatoms. The van der Waals surface area contributed by atoms with Crippen molar-refractivity contribution >= 4 is 0 Å². The van der Waals surface area contributed by atoms with E-state index < -0.39 is 17.5 Å². The molecule has 0 amide bonds. The zero-order chi connectivity index (χ0) is 9.99. The third-order valence-electron chi connectivity index (χ3n) is 0.698. The molecule has 0 radical (unpaired) electrons. The zero-order valence-electron chi connectivity index (χ0n) is 8.68. The number of hydrogen-bond donors (Lipinski definition) is 0. The first-order valence-electron chi connectivity index (χ1n) is 3.97. The maximum atomic E-state index is 13.3. The molecule has 0 spiro atoms. The van der Waals surface area contributed by atoms with E-state index in [4.69, 9.17) is 0 Å². The first kappa shape index (κ1) is 12.2. The van der Waals surface area contributed by atoms with Crippen molar-refractivity contribution in [3.05, 3.63) is 0 Å². The monoisotopic (exact) mass is 345 g/mol. The molecule has 12 heavy (non-hydrogen) atoms. The summed E-state index contributed by atoms with van der Waals surface area (Å²) in [5.41, 5.74) is -0.533. The van der Waals surface area contributed by atoms with Crippen LogP contribution in [0.1, 0.15) is 41.5 Å². The molecule has 0 fully saturated rings. The van der Waals surface area contributed by atoms with Gasteiger partial charge in [0, 0.05) is 0 Å². The van der Waals surface area contributed by atoms with Crippen LogP contribution in [0.5, 0.6) is 0 Å². The van der Waals surface area contributed by atoms with Crippen molar-refractivity contribution in [2.75, 3.05) is 0 Å². The topological polar surface area (TPSA) is 24.7 Å². The number of nitrogens with zero attached hydrogens (tertiary/aromatic N) is 2. The third-order valence-corrected chi connectivity index (χ3v) is 5.72. The van der Waals surface area contributed by atoms with Gasteiger partial charge in [-0.25, -0.2) is 0 Å². The molecule has 0 saturated heterocycles. The van der Waals surface area contributed by atoms with Crippen LogP contribution in [0.3, 0.4) is 0 Å². The molecular weight excluding hydrogens is 327 g/mol. The predicted octanol–water partition coefficient (Wildman–Crippen LogP) is 3.45. The molecule has 73 valence electrons. The average molecular weight is 345 g/mol. The van der Waals surface area contributed by atoms with Crippen molar-refractivity contribution in [2.45, 2.75) is 52.6 Å². The summed E-state index contributed by atoms with van der Waals surface area (Å²) in [4.78, 5) is 0. The Balaban J connectivity index is 4.71. The van der Waals surface area contributed by atoms with E-state index in [0.29, 0.717) is 0 Å². The predicted molar refractivity (Wildman–Crippen MR) is 45.5 cm³/mol. The van der Waals surface area contributed by atoms with E-state index in [0.717, 1.165) is 0 Å². The fourth-order valence-electron chi connectivity index (χ4n) is 0.472. The van der Waals surface area contributed by atoms with Crippen LogP contribution in [0.15, 0.2) is 6.99 Å². The molecule has 0 aromatic heterocycles. The molecule has 0 aliphatic heterocycles. The van der Waals surface area contributed by atoms with Gasteiger partial charge < -0.3 is 0 Å². The normalized spacial score (nSPS) is 15.4. The van der Waals surface area contributed by atoms with Crippen LogP contribution in [-0.4, -0.2) is 11.1 Å². The fourth-order valence-corrected chi connectivity index (χ4v) is 3.87. The summed E-state index contributed by atoms with van der Waals surface area (Å²) in [7, 11) is 0. The van der Waals surface area contributed by atoms with Gasteiger partial charge in [-0.05, 0) is 0 Å². The molecule has 0 aromatic rings. The SMILES string of the molecule is CC(C)(C)[N]=[W]([F])=[N]C(C)(C)C. The van der Waals surface area contributed by atoms with Gasteiger partial charge in [-0.2, -0.15) is 0 Å². The van der Waals surface area contributed by atoms with Gasteiger partial charge in [-0.1, -0.05) is 0 Å². The van der Waals surface area contributed by atoms with Crippen LogP contribution in [0.4, 0.5) is 3.16 Å². The Hall–Kier alpha value is 0.218. The maximum absolute atomic E-state index is 13.3. The second-order valence-corrected chi connectivity index (χ2v) is 7.63. The minimum absolute atomic E-state index is 0.267. The van der Waals surface area contributed by atoms with E-state index in [-0.39, 0.29) is 11.1 Å². The standard InChI is InChI=1S/2C4H9N.FH.W/c2*1-4(2,3)5;;/h2*1-3H3;1H;/q;;;+1/p-1. The zero-order valence-corrected chi connectivity index (χ0v) is 11.6. The van der Waals surface area contributed by atoms with Crippen LogP contribution in [-0.2, 0) is 17.5 Å². The first-order chi connectivity index (χ1) is 5.10. The van der Waals surface area contributed by atoms with E-state index in [9.17, 15) is 3.16 Å². The van der Waals surface area contributed by atoms with Gasteiger partial charge in [0.2, 0.25) is 0 Å². The average Bonchev–Trinajstić information content (AvgIpc) is 1.49. The Kier molecular flexibility index (Phi) is 4.02. The van der Waals surface area contributed by atoms with E-state index in [1.54, 1.807) is 0 Å². The van der Waals surface area contributed by atoms with Crippen molar-refractivity contribution in [1.82, 2.24) is 0 Å². The molecule has 0 N–H and O–H groups in total. The summed E-state index contributed by atoms with van der Waals surface area (Å²) in [5, 5.41) is 0. The van der Waals surface area contributed by atoms with E-state index in [1.165, 1.54) is 0 Å². The van der Waals surface area contributed by atoms with Crippen molar-refractivity contribution in [3.63, 3.8) is 0 Å². The van der Waals surface area contributed by atoms with E-state index >= 15 is 0 Å². The Labute approximate surface area is 80.5 Å². The Bertz CT molecular complexity index is 204. The van der Waals surface area contributed by atoms with Crippen molar-refractivity contribution in [3.8, 4) is 0 Å². The Morgan fingerprint density at radius 3 is 1.25 bits per heavy atom. The van der Waals surface area contributed by atoms with Crippen molar-refractivity contribution < 1.29 is 20.6 Å². The Morgan fingerprint density at radius 1 is 0.833 bits per heavy atom. The molecule has 0 rings (SSSR count). The van der Waals surface area contributed by atoms with Gasteiger partial charge in [0.05, 0.1) is 0 Å².